The molecule has 2 unspecified atom stereocenters. The third-order valence-electron chi connectivity index (χ3n) is 7.36. The van der Waals surface area contributed by atoms with Crippen molar-refractivity contribution in [2.24, 2.45) is 11.8 Å². The summed E-state index contributed by atoms with van der Waals surface area (Å²) in [4.78, 5) is 22.0. The predicted octanol–water partition coefficient (Wildman–Crippen LogP) is 3.47. The number of likely N-dealkylation sites (tertiary alicyclic amines) is 1. The maximum atomic E-state index is 13.4. The zero-order valence-corrected chi connectivity index (χ0v) is 16.7. The zero-order valence-electron chi connectivity index (χ0n) is 16.7. The fourth-order valence-corrected chi connectivity index (χ4v) is 5.27. The van der Waals surface area contributed by atoms with Crippen LogP contribution in [0.3, 0.4) is 0 Å². The van der Waals surface area contributed by atoms with Crippen molar-refractivity contribution in [3.63, 3.8) is 0 Å². The molecule has 1 amide bonds. The van der Waals surface area contributed by atoms with Crippen molar-refractivity contribution in [2.45, 2.75) is 69.9 Å². The Morgan fingerprint density at radius 2 is 1.96 bits per heavy atom. The van der Waals surface area contributed by atoms with E-state index in [9.17, 15) is 9.90 Å². The van der Waals surface area contributed by atoms with Crippen LogP contribution >= 0.6 is 0 Å². The average Bonchev–Trinajstić information content (AvgIpc) is 2.95. The van der Waals surface area contributed by atoms with Crippen LogP contribution in [-0.4, -0.2) is 52.7 Å². The zero-order chi connectivity index (χ0) is 19.0. The SMILES string of the molecule is CC1CN(C(=O)c2cccnc2N(C)C2CCCCC2)CC1(O)C1CCC1. The summed E-state index contributed by atoms with van der Waals surface area (Å²) in [7, 11) is 2.08. The van der Waals surface area contributed by atoms with Gasteiger partial charge in [-0.05, 0) is 43.7 Å². The van der Waals surface area contributed by atoms with Crippen molar-refractivity contribution in [1.82, 2.24) is 9.88 Å². The van der Waals surface area contributed by atoms with E-state index in [1.54, 1.807) is 6.20 Å². The van der Waals surface area contributed by atoms with Gasteiger partial charge in [0.1, 0.15) is 5.82 Å². The van der Waals surface area contributed by atoms with E-state index < -0.39 is 5.60 Å². The van der Waals surface area contributed by atoms with Crippen LogP contribution in [0.4, 0.5) is 5.82 Å². The molecule has 5 heteroatoms. The second kappa shape index (κ2) is 7.42. The number of hydrogen-bond acceptors (Lipinski definition) is 4. The molecule has 1 N–H and O–H groups in total. The first-order chi connectivity index (χ1) is 13.0. The number of hydrogen-bond donors (Lipinski definition) is 1. The topological polar surface area (TPSA) is 56.7 Å². The number of anilines is 1. The molecule has 0 spiro atoms. The van der Waals surface area contributed by atoms with Crippen molar-refractivity contribution in [3.8, 4) is 0 Å². The summed E-state index contributed by atoms with van der Waals surface area (Å²) >= 11 is 0. The molecule has 0 aromatic carbocycles. The minimum Gasteiger partial charge on any atom is -0.387 e. The quantitative estimate of drug-likeness (QED) is 0.880. The monoisotopic (exact) mass is 371 g/mol. The van der Waals surface area contributed by atoms with Gasteiger partial charge in [-0.15, -0.1) is 0 Å². The van der Waals surface area contributed by atoms with E-state index in [1.807, 2.05) is 17.0 Å². The summed E-state index contributed by atoms with van der Waals surface area (Å²) in [6.07, 6.45) is 11.3. The number of nitrogens with zero attached hydrogens (tertiary/aromatic N) is 3. The standard InChI is InChI=1S/C22H33N3O2/c1-16-14-25(15-22(16,27)17-8-6-9-17)21(26)19-12-7-13-23-20(19)24(2)18-10-4-3-5-11-18/h7,12-13,16-18,27H,3-6,8-11,14-15H2,1-2H3. The minimum absolute atomic E-state index is 0.0165. The van der Waals surface area contributed by atoms with E-state index in [2.05, 4.69) is 23.9 Å². The first-order valence-corrected chi connectivity index (χ1v) is 10.7. The molecule has 1 aromatic heterocycles. The molecule has 27 heavy (non-hydrogen) atoms. The average molecular weight is 372 g/mol. The van der Waals surface area contributed by atoms with Gasteiger partial charge in [0, 0.05) is 31.7 Å². The Labute approximate surface area is 162 Å². The van der Waals surface area contributed by atoms with Gasteiger partial charge in [-0.25, -0.2) is 4.98 Å². The summed E-state index contributed by atoms with van der Waals surface area (Å²) < 4.78 is 0. The van der Waals surface area contributed by atoms with Crippen molar-refractivity contribution < 1.29 is 9.90 Å². The van der Waals surface area contributed by atoms with Crippen LogP contribution < -0.4 is 4.90 Å². The molecule has 2 aliphatic carbocycles. The molecular weight excluding hydrogens is 338 g/mol. The van der Waals surface area contributed by atoms with Gasteiger partial charge in [-0.3, -0.25) is 4.79 Å². The lowest BCUT2D eigenvalue weighted by molar-refractivity contribution is -0.0660. The molecule has 1 aliphatic heterocycles. The molecule has 1 saturated heterocycles. The Morgan fingerprint density at radius 1 is 1.22 bits per heavy atom. The normalized spacial score (nSPS) is 29.6. The molecule has 3 aliphatic rings. The molecule has 2 heterocycles. The number of aromatic nitrogens is 1. The van der Waals surface area contributed by atoms with Crippen LogP contribution in [0, 0.1) is 11.8 Å². The highest BCUT2D eigenvalue weighted by Gasteiger charge is 2.51. The van der Waals surface area contributed by atoms with Gasteiger partial charge in [0.25, 0.3) is 5.91 Å². The molecule has 0 radical (unpaired) electrons. The van der Waals surface area contributed by atoms with E-state index in [0.717, 1.165) is 18.7 Å². The number of rotatable bonds is 4. The Bertz CT molecular complexity index is 684. The number of carbonyl (C=O) groups excluding carboxylic acids is 1. The molecule has 148 valence electrons. The van der Waals surface area contributed by atoms with E-state index in [4.69, 9.17) is 0 Å². The second-order valence-corrected chi connectivity index (χ2v) is 8.98. The van der Waals surface area contributed by atoms with Crippen molar-refractivity contribution in [2.75, 3.05) is 25.0 Å². The lowest BCUT2D eigenvalue weighted by Gasteiger charge is -2.41. The van der Waals surface area contributed by atoms with Gasteiger partial charge in [-0.2, -0.15) is 0 Å². The largest absolute Gasteiger partial charge is 0.387 e. The summed E-state index contributed by atoms with van der Waals surface area (Å²) in [6.45, 7) is 3.18. The Morgan fingerprint density at radius 3 is 2.63 bits per heavy atom. The molecule has 4 rings (SSSR count). The van der Waals surface area contributed by atoms with Gasteiger partial charge in [0.05, 0.1) is 17.7 Å². The van der Waals surface area contributed by atoms with E-state index in [1.165, 1.54) is 38.5 Å². The molecule has 3 fully saturated rings. The van der Waals surface area contributed by atoms with Gasteiger partial charge in [0.15, 0.2) is 0 Å². The molecule has 1 aromatic rings. The number of carbonyl (C=O) groups is 1. The number of β-amino-alcohol motifs (C(OH)–C–C–N with tert-alkyl or cyclic N) is 1. The van der Waals surface area contributed by atoms with Gasteiger partial charge < -0.3 is 14.9 Å². The molecular formula is C22H33N3O2. The molecule has 0 bridgehead atoms. The summed E-state index contributed by atoms with van der Waals surface area (Å²) in [5.41, 5.74) is -0.0402. The van der Waals surface area contributed by atoms with Gasteiger partial charge in [-0.1, -0.05) is 32.6 Å². The summed E-state index contributed by atoms with van der Waals surface area (Å²) in [5, 5.41) is 11.2. The number of pyridine rings is 1. The fraction of sp³-hybridized carbons (Fsp3) is 0.727. The van der Waals surface area contributed by atoms with Gasteiger partial charge in [0.2, 0.25) is 0 Å². The van der Waals surface area contributed by atoms with Crippen LogP contribution in [0.15, 0.2) is 18.3 Å². The highest BCUT2D eigenvalue weighted by atomic mass is 16.3. The van der Waals surface area contributed by atoms with Crippen LogP contribution in [0.5, 0.6) is 0 Å². The number of amides is 1. The van der Waals surface area contributed by atoms with Crippen LogP contribution in [-0.2, 0) is 0 Å². The van der Waals surface area contributed by atoms with Crippen molar-refractivity contribution in [1.29, 1.82) is 0 Å². The predicted molar refractivity (Wildman–Crippen MR) is 107 cm³/mol. The van der Waals surface area contributed by atoms with Crippen LogP contribution in [0.1, 0.15) is 68.6 Å². The summed E-state index contributed by atoms with van der Waals surface area (Å²) in [6, 6.07) is 4.21. The minimum atomic E-state index is -0.717. The van der Waals surface area contributed by atoms with Gasteiger partial charge >= 0.3 is 0 Å². The third-order valence-corrected chi connectivity index (χ3v) is 7.36. The fourth-order valence-electron chi connectivity index (χ4n) is 5.27. The van der Waals surface area contributed by atoms with E-state index in [0.29, 0.717) is 30.6 Å². The maximum absolute atomic E-state index is 13.4. The van der Waals surface area contributed by atoms with Crippen LogP contribution in [0.2, 0.25) is 0 Å². The third kappa shape index (κ3) is 3.35. The molecule has 2 saturated carbocycles. The highest BCUT2D eigenvalue weighted by molar-refractivity contribution is 5.99. The lowest BCUT2D eigenvalue weighted by Crippen LogP contribution is -2.48. The molecule has 5 nitrogen and oxygen atoms in total. The van der Waals surface area contributed by atoms with E-state index >= 15 is 0 Å². The second-order valence-electron chi connectivity index (χ2n) is 8.98. The Kier molecular flexibility index (Phi) is 5.15. The Balaban J connectivity index is 1.54. The Hall–Kier alpha value is -1.62. The molecule has 2 atom stereocenters. The van der Waals surface area contributed by atoms with Crippen molar-refractivity contribution in [3.05, 3.63) is 23.9 Å². The van der Waals surface area contributed by atoms with Crippen molar-refractivity contribution >= 4 is 11.7 Å². The maximum Gasteiger partial charge on any atom is 0.257 e. The summed E-state index contributed by atoms with van der Waals surface area (Å²) in [5.74, 6) is 1.29. The lowest BCUT2D eigenvalue weighted by atomic mass is 9.69. The van der Waals surface area contributed by atoms with Crippen LogP contribution in [0.25, 0.3) is 0 Å². The first kappa shape index (κ1) is 18.7. The highest BCUT2D eigenvalue weighted by Crippen LogP contribution is 2.44. The smallest absolute Gasteiger partial charge is 0.257 e. The number of aliphatic hydroxyl groups is 1. The van der Waals surface area contributed by atoms with E-state index in [-0.39, 0.29) is 11.8 Å². The first-order valence-electron chi connectivity index (χ1n) is 10.7.